The molecule has 0 fully saturated rings. The molecule has 0 aliphatic rings. The van der Waals surface area contributed by atoms with Crippen LogP contribution in [0.1, 0.15) is 0 Å². The predicted molar refractivity (Wildman–Crippen MR) is 98.9 cm³/mol. The van der Waals surface area contributed by atoms with Gasteiger partial charge < -0.3 is 25.4 Å². The molecule has 3 N–H and O–H groups in total. The Bertz CT molecular complexity index is 689. The van der Waals surface area contributed by atoms with Crippen LogP contribution in [-0.4, -0.2) is 56.6 Å². The smallest absolute Gasteiger partial charge is 0.319 e. The van der Waals surface area contributed by atoms with Gasteiger partial charge in [-0.1, -0.05) is 12.1 Å². The van der Waals surface area contributed by atoms with Crippen molar-refractivity contribution in [2.75, 3.05) is 44.6 Å². The first-order valence-corrected chi connectivity index (χ1v) is 7.95. The zero-order valence-electron chi connectivity index (χ0n) is 14.7. The van der Waals surface area contributed by atoms with E-state index < -0.39 is 12.1 Å². The van der Waals surface area contributed by atoms with Gasteiger partial charge in [0.25, 0.3) is 0 Å². The highest BCUT2D eigenvalue weighted by atomic mass is 16.5. The lowest BCUT2D eigenvalue weighted by molar-refractivity contribution is 0.0663. The van der Waals surface area contributed by atoms with Gasteiger partial charge in [-0.3, -0.25) is 4.98 Å². The van der Waals surface area contributed by atoms with E-state index >= 15 is 0 Å². The molecule has 25 heavy (non-hydrogen) atoms. The number of rotatable bonds is 7. The van der Waals surface area contributed by atoms with Gasteiger partial charge in [-0.05, 0) is 23.8 Å². The summed E-state index contributed by atoms with van der Waals surface area (Å²) in [7, 11) is 5.46. The van der Waals surface area contributed by atoms with Gasteiger partial charge in [0.1, 0.15) is 0 Å². The van der Waals surface area contributed by atoms with Crippen molar-refractivity contribution in [3.63, 3.8) is 0 Å². The summed E-state index contributed by atoms with van der Waals surface area (Å²) in [6.45, 7) is 0.267. The van der Waals surface area contributed by atoms with Crippen molar-refractivity contribution < 1.29 is 14.6 Å². The SMILES string of the molecule is COC[C@H](O)CNC(=O)Nc1cnccc1-c1ccc(N(C)C)cc1. The molecule has 1 aromatic heterocycles. The van der Waals surface area contributed by atoms with E-state index in [2.05, 4.69) is 15.6 Å². The Labute approximate surface area is 147 Å². The minimum absolute atomic E-state index is 0.104. The Hall–Kier alpha value is -2.64. The van der Waals surface area contributed by atoms with Crippen LogP contribution >= 0.6 is 0 Å². The fourth-order valence-corrected chi connectivity index (χ4v) is 2.31. The van der Waals surface area contributed by atoms with Crippen LogP contribution in [0.25, 0.3) is 11.1 Å². The number of aliphatic hydroxyl groups excluding tert-OH is 1. The van der Waals surface area contributed by atoms with Crippen LogP contribution in [0.5, 0.6) is 0 Å². The van der Waals surface area contributed by atoms with E-state index in [9.17, 15) is 9.90 Å². The van der Waals surface area contributed by atoms with Crippen molar-refractivity contribution in [3.8, 4) is 11.1 Å². The molecule has 2 rings (SSSR count). The number of hydrogen-bond acceptors (Lipinski definition) is 5. The van der Waals surface area contributed by atoms with Gasteiger partial charge in [0.2, 0.25) is 0 Å². The van der Waals surface area contributed by atoms with Gasteiger partial charge in [-0.25, -0.2) is 4.79 Å². The summed E-state index contributed by atoms with van der Waals surface area (Å²) in [6.07, 6.45) is 2.53. The number of urea groups is 1. The lowest BCUT2D eigenvalue weighted by atomic mass is 10.0. The number of carbonyl (C=O) groups excluding carboxylic acids is 1. The van der Waals surface area contributed by atoms with Crippen LogP contribution < -0.4 is 15.5 Å². The Morgan fingerprint density at radius 1 is 1.28 bits per heavy atom. The fourth-order valence-electron chi connectivity index (χ4n) is 2.31. The fraction of sp³-hybridized carbons (Fsp3) is 0.333. The Kier molecular flexibility index (Phi) is 6.73. The van der Waals surface area contributed by atoms with Crippen molar-refractivity contribution in [2.24, 2.45) is 0 Å². The zero-order chi connectivity index (χ0) is 18.2. The zero-order valence-corrected chi connectivity index (χ0v) is 14.7. The van der Waals surface area contributed by atoms with E-state index in [1.54, 1.807) is 12.4 Å². The highest BCUT2D eigenvalue weighted by Gasteiger charge is 2.10. The first-order valence-electron chi connectivity index (χ1n) is 7.95. The molecule has 0 aliphatic carbocycles. The number of amides is 2. The molecule has 0 saturated carbocycles. The lowest BCUT2D eigenvalue weighted by Gasteiger charge is -2.15. The molecular weight excluding hydrogens is 320 g/mol. The number of anilines is 2. The van der Waals surface area contributed by atoms with E-state index in [-0.39, 0.29) is 13.2 Å². The first-order chi connectivity index (χ1) is 12.0. The number of nitrogens with zero attached hydrogens (tertiary/aromatic N) is 2. The van der Waals surface area contributed by atoms with Crippen LogP contribution in [-0.2, 0) is 4.74 Å². The molecule has 2 amide bonds. The number of carbonyl (C=O) groups is 1. The molecule has 134 valence electrons. The Balaban J connectivity index is 2.08. The summed E-state index contributed by atoms with van der Waals surface area (Å²) >= 11 is 0. The van der Waals surface area contributed by atoms with Gasteiger partial charge in [0.15, 0.2) is 0 Å². The van der Waals surface area contributed by atoms with Crippen LogP contribution in [0.15, 0.2) is 42.7 Å². The molecule has 2 aromatic rings. The molecule has 1 atom stereocenters. The van der Waals surface area contributed by atoms with E-state index in [1.165, 1.54) is 7.11 Å². The third kappa shape index (κ3) is 5.44. The summed E-state index contributed by atoms with van der Waals surface area (Å²) in [4.78, 5) is 18.1. The second-order valence-electron chi connectivity index (χ2n) is 5.81. The van der Waals surface area contributed by atoms with E-state index in [1.807, 2.05) is 49.3 Å². The molecule has 0 radical (unpaired) electrons. The van der Waals surface area contributed by atoms with Gasteiger partial charge >= 0.3 is 6.03 Å². The molecule has 0 saturated heterocycles. The third-order valence-electron chi connectivity index (χ3n) is 3.62. The number of hydrogen-bond donors (Lipinski definition) is 3. The summed E-state index contributed by atoms with van der Waals surface area (Å²) in [5.74, 6) is 0. The van der Waals surface area contributed by atoms with Crippen LogP contribution in [0.4, 0.5) is 16.2 Å². The third-order valence-corrected chi connectivity index (χ3v) is 3.62. The number of methoxy groups -OCH3 is 1. The number of nitrogens with one attached hydrogen (secondary N) is 2. The highest BCUT2D eigenvalue weighted by molar-refractivity contribution is 5.94. The maximum atomic E-state index is 12.0. The maximum absolute atomic E-state index is 12.0. The Morgan fingerprint density at radius 2 is 2.00 bits per heavy atom. The van der Waals surface area contributed by atoms with Crippen molar-refractivity contribution in [1.29, 1.82) is 0 Å². The normalized spacial score (nSPS) is 11.7. The first kappa shape index (κ1) is 18.7. The minimum atomic E-state index is -0.748. The molecule has 7 nitrogen and oxygen atoms in total. The average molecular weight is 344 g/mol. The van der Waals surface area contributed by atoms with Gasteiger partial charge in [-0.2, -0.15) is 0 Å². The quantitative estimate of drug-likeness (QED) is 0.715. The van der Waals surface area contributed by atoms with Gasteiger partial charge in [0, 0.05) is 45.2 Å². The van der Waals surface area contributed by atoms with E-state index in [4.69, 9.17) is 4.74 Å². The molecule has 0 aliphatic heterocycles. The second-order valence-corrected chi connectivity index (χ2v) is 5.81. The topological polar surface area (TPSA) is 86.7 Å². The second kappa shape index (κ2) is 9.00. The van der Waals surface area contributed by atoms with Crippen LogP contribution in [0.3, 0.4) is 0 Å². The highest BCUT2D eigenvalue weighted by Crippen LogP contribution is 2.28. The standard InChI is InChI=1S/C18H24N4O3/c1-22(2)14-6-4-13(5-7-14)16-8-9-19-11-17(16)21-18(24)20-10-15(23)12-25-3/h4-9,11,15,23H,10,12H2,1-3H3,(H2,20,21,24)/t15-/m1/s1. The largest absolute Gasteiger partial charge is 0.389 e. The molecular formula is C18H24N4O3. The number of pyridine rings is 1. The number of aromatic nitrogens is 1. The monoisotopic (exact) mass is 344 g/mol. The Morgan fingerprint density at radius 3 is 2.64 bits per heavy atom. The summed E-state index contributed by atoms with van der Waals surface area (Å²) < 4.78 is 4.82. The molecule has 1 aromatic carbocycles. The molecule has 1 heterocycles. The van der Waals surface area contributed by atoms with Crippen molar-refractivity contribution in [1.82, 2.24) is 10.3 Å². The molecule has 0 bridgehead atoms. The van der Waals surface area contributed by atoms with Gasteiger partial charge in [0.05, 0.1) is 24.6 Å². The summed E-state index contributed by atoms with van der Waals surface area (Å²) in [6, 6.07) is 9.46. The maximum Gasteiger partial charge on any atom is 0.319 e. The van der Waals surface area contributed by atoms with Gasteiger partial charge in [-0.15, -0.1) is 0 Å². The number of aliphatic hydroxyl groups is 1. The van der Waals surface area contributed by atoms with Crippen molar-refractivity contribution >= 4 is 17.4 Å². The van der Waals surface area contributed by atoms with E-state index in [0.717, 1.165) is 16.8 Å². The molecule has 7 heteroatoms. The number of ether oxygens (including phenoxy) is 1. The number of benzene rings is 1. The minimum Gasteiger partial charge on any atom is -0.389 e. The lowest BCUT2D eigenvalue weighted by Crippen LogP contribution is -2.37. The van der Waals surface area contributed by atoms with Crippen LogP contribution in [0, 0.1) is 0 Å². The molecule has 0 unspecified atom stereocenters. The average Bonchev–Trinajstić information content (AvgIpc) is 2.61. The van der Waals surface area contributed by atoms with Crippen molar-refractivity contribution in [3.05, 3.63) is 42.7 Å². The predicted octanol–water partition coefficient (Wildman–Crippen LogP) is 1.94. The van der Waals surface area contributed by atoms with E-state index in [0.29, 0.717) is 5.69 Å². The molecule has 0 spiro atoms. The van der Waals surface area contributed by atoms with Crippen molar-refractivity contribution in [2.45, 2.75) is 6.10 Å². The summed E-state index contributed by atoms with van der Waals surface area (Å²) in [5, 5.41) is 15.0. The van der Waals surface area contributed by atoms with Crippen LogP contribution in [0.2, 0.25) is 0 Å². The summed E-state index contributed by atoms with van der Waals surface area (Å²) in [5.41, 5.74) is 3.53.